The first-order valence-electron chi connectivity index (χ1n) is 5.65. The Morgan fingerprint density at radius 1 is 1.33 bits per heavy atom. The van der Waals surface area contributed by atoms with E-state index < -0.39 is 0 Å². The zero-order chi connectivity index (χ0) is 10.9. The second-order valence-corrected chi connectivity index (χ2v) is 3.68. The van der Waals surface area contributed by atoms with Crippen LogP contribution >= 0.6 is 0 Å². The van der Waals surface area contributed by atoms with E-state index in [1.807, 2.05) is 36.3 Å². The molecule has 2 nitrogen and oxygen atoms in total. The van der Waals surface area contributed by atoms with Gasteiger partial charge in [-0.1, -0.05) is 31.9 Å². The number of rotatable bonds is 6. The molecule has 0 spiro atoms. The smallest absolute Gasteiger partial charge is 0.132 e. The molecule has 15 heavy (non-hydrogen) atoms. The molecule has 1 heterocycles. The normalized spacial score (nSPS) is 10.8. The van der Waals surface area contributed by atoms with Crippen LogP contribution in [0.2, 0.25) is 0 Å². The molecule has 0 atom stereocenters. The topological polar surface area (TPSA) is 16.1 Å². The van der Waals surface area contributed by atoms with Crippen LogP contribution in [0.15, 0.2) is 36.7 Å². The molecule has 0 aliphatic rings. The Labute approximate surface area is 92.6 Å². The number of anilines is 1. The molecule has 0 fully saturated rings. The van der Waals surface area contributed by atoms with Crippen molar-refractivity contribution >= 4 is 5.82 Å². The maximum Gasteiger partial charge on any atom is 0.132 e. The largest absolute Gasteiger partial charge is 0.336 e. The molecule has 1 aromatic heterocycles. The van der Waals surface area contributed by atoms with Crippen LogP contribution in [-0.2, 0) is 0 Å². The zero-order valence-corrected chi connectivity index (χ0v) is 9.69. The molecule has 0 saturated heterocycles. The molecule has 1 aromatic rings. The number of hydrogen-bond donors (Lipinski definition) is 0. The number of aromatic nitrogens is 1. The van der Waals surface area contributed by atoms with Crippen molar-refractivity contribution in [3.8, 4) is 0 Å². The highest BCUT2D eigenvalue weighted by Gasteiger charge is 1.94. The van der Waals surface area contributed by atoms with Gasteiger partial charge in [-0.05, 0) is 25.0 Å². The molecule has 0 bridgehead atoms. The second kappa shape index (κ2) is 7.04. The van der Waals surface area contributed by atoms with Crippen LogP contribution in [0.1, 0.15) is 32.6 Å². The van der Waals surface area contributed by atoms with Gasteiger partial charge in [0.05, 0.1) is 0 Å². The minimum atomic E-state index is 0.990. The fourth-order valence-electron chi connectivity index (χ4n) is 1.38. The van der Waals surface area contributed by atoms with Gasteiger partial charge < -0.3 is 4.90 Å². The molecule has 2 heteroatoms. The highest BCUT2D eigenvalue weighted by Crippen LogP contribution is 2.07. The van der Waals surface area contributed by atoms with Crippen LogP contribution in [-0.4, -0.2) is 12.0 Å². The molecule has 0 aromatic carbocycles. The van der Waals surface area contributed by atoms with E-state index >= 15 is 0 Å². The van der Waals surface area contributed by atoms with Gasteiger partial charge in [0, 0.05) is 19.4 Å². The Bertz CT molecular complexity index is 280. The first-order valence-corrected chi connectivity index (χ1v) is 5.65. The zero-order valence-electron chi connectivity index (χ0n) is 9.69. The Balaban J connectivity index is 2.32. The van der Waals surface area contributed by atoms with Gasteiger partial charge in [0.1, 0.15) is 5.82 Å². The molecule has 0 saturated carbocycles. The van der Waals surface area contributed by atoms with Crippen molar-refractivity contribution in [3.63, 3.8) is 0 Å². The van der Waals surface area contributed by atoms with Crippen molar-refractivity contribution in [3.05, 3.63) is 36.7 Å². The van der Waals surface area contributed by atoms with Crippen molar-refractivity contribution in [2.24, 2.45) is 0 Å². The van der Waals surface area contributed by atoms with Crippen LogP contribution in [0.5, 0.6) is 0 Å². The summed E-state index contributed by atoms with van der Waals surface area (Å²) in [7, 11) is 2.03. The van der Waals surface area contributed by atoms with Gasteiger partial charge in [-0.3, -0.25) is 0 Å². The fourth-order valence-corrected chi connectivity index (χ4v) is 1.38. The van der Waals surface area contributed by atoms with E-state index in [2.05, 4.69) is 24.2 Å². The van der Waals surface area contributed by atoms with Gasteiger partial charge in [-0.2, -0.15) is 0 Å². The second-order valence-electron chi connectivity index (χ2n) is 3.68. The summed E-state index contributed by atoms with van der Waals surface area (Å²) < 4.78 is 0. The van der Waals surface area contributed by atoms with Crippen molar-refractivity contribution in [1.29, 1.82) is 0 Å². The van der Waals surface area contributed by atoms with Gasteiger partial charge in [-0.15, -0.1) is 0 Å². The summed E-state index contributed by atoms with van der Waals surface area (Å²) in [6, 6.07) is 5.95. The van der Waals surface area contributed by atoms with E-state index in [-0.39, 0.29) is 0 Å². The third-order valence-electron chi connectivity index (χ3n) is 2.31. The lowest BCUT2D eigenvalue weighted by atomic mass is 10.2. The van der Waals surface area contributed by atoms with Crippen molar-refractivity contribution in [2.75, 3.05) is 11.9 Å². The SMILES string of the molecule is CCCCC/C=C/N(C)c1ccccn1. The minimum absolute atomic E-state index is 0.990. The summed E-state index contributed by atoms with van der Waals surface area (Å²) in [5.74, 6) is 0.990. The van der Waals surface area contributed by atoms with Crippen LogP contribution in [0.3, 0.4) is 0 Å². The summed E-state index contributed by atoms with van der Waals surface area (Å²) in [5, 5.41) is 0. The summed E-state index contributed by atoms with van der Waals surface area (Å²) >= 11 is 0. The standard InChI is InChI=1S/C13H20N2/c1-3-4-5-6-9-12-15(2)13-10-7-8-11-14-13/h7-12H,3-6H2,1-2H3/b12-9+. The number of allylic oxidation sites excluding steroid dienone is 1. The summed E-state index contributed by atoms with van der Waals surface area (Å²) in [5.41, 5.74) is 0. The van der Waals surface area contributed by atoms with Crippen LogP contribution in [0.4, 0.5) is 5.82 Å². The lowest BCUT2D eigenvalue weighted by Gasteiger charge is -2.11. The van der Waals surface area contributed by atoms with Gasteiger partial charge in [-0.25, -0.2) is 4.98 Å². The van der Waals surface area contributed by atoms with E-state index in [9.17, 15) is 0 Å². The fraction of sp³-hybridized carbons (Fsp3) is 0.462. The van der Waals surface area contributed by atoms with Gasteiger partial charge in [0.2, 0.25) is 0 Å². The van der Waals surface area contributed by atoms with E-state index in [0.717, 1.165) is 12.2 Å². The molecular weight excluding hydrogens is 184 g/mol. The maximum atomic E-state index is 4.27. The molecule has 0 aliphatic heterocycles. The van der Waals surface area contributed by atoms with Crippen LogP contribution in [0.25, 0.3) is 0 Å². The van der Waals surface area contributed by atoms with Gasteiger partial charge >= 0.3 is 0 Å². The number of pyridine rings is 1. The Kier molecular flexibility index (Phi) is 5.52. The van der Waals surface area contributed by atoms with Crippen molar-refractivity contribution in [1.82, 2.24) is 4.98 Å². The van der Waals surface area contributed by atoms with E-state index in [0.29, 0.717) is 0 Å². The lowest BCUT2D eigenvalue weighted by molar-refractivity contribution is 0.728. The molecule has 0 aliphatic carbocycles. The predicted molar refractivity (Wildman–Crippen MR) is 65.9 cm³/mol. The third-order valence-corrected chi connectivity index (χ3v) is 2.31. The van der Waals surface area contributed by atoms with Gasteiger partial charge in [0.15, 0.2) is 0 Å². The predicted octanol–water partition coefficient (Wildman–Crippen LogP) is 3.61. The summed E-state index contributed by atoms with van der Waals surface area (Å²) in [4.78, 5) is 6.32. The highest BCUT2D eigenvalue weighted by atomic mass is 15.1. The van der Waals surface area contributed by atoms with E-state index in [4.69, 9.17) is 0 Å². The minimum Gasteiger partial charge on any atom is -0.336 e. The average Bonchev–Trinajstić information content (AvgIpc) is 2.30. The lowest BCUT2D eigenvalue weighted by Crippen LogP contribution is -2.08. The molecule has 0 amide bonds. The number of nitrogens with zero attached hydrogens (tertiary/aromatic N) is 2. The molecule has 82 valence electrons. The monoisotopic (exact) mass is 204 g/mol. The van der Waals surface area contributed by atoms with E-state index in [1.165, 1.54) is 19.3 Å². The van der Waals surface area contributed by atoms with Crippen molar-refractivity contribution < 1.29 is 0 Å². The molecule has 1 rings (SSSR count). The van der Waals surface area contributed by atoms with E-state index in [1.54, 1.807) is 0 Å². The molecule has 0 N–H and O–H groups in total. The molecular formula is C13H20N2. The van der Waals surface area contributed by atoms with Gasteiger partial charge in [0.25, 0.3) is 0 Å². The first-order chi connectivity index (χ1) is 7.34. The van der Waals surface area contributed by atoms with Crippen molar-refractivity contribution in [2.45, 2.75) is 32.6 Å². The van der Waals surface area contributed by atoms with Crippen LogP contribution in [0, 0.1) is 0 Å². The molecule has 0 radical (unpaired) electrons. The summed E-state index contributed by atoms with van der Waals surface area (Å²) in [6.07, 6.45) is 11.2. The quantitative estimate of drug-likeness (QED) is 0.658. The van der Waals surface area contributed by atoms with Crippen LogP contribution < -0.4 is 4.90 Å². The first kappa shape index (κ1) is 11.8. The maximum absolute atomic E-state index is 4.27. The third kappa shape index (κ3) is 4.63. The Morgan fingerprint density at radius 3 is 2.87 bits per heavy atom. The number of unbranched alkanes of at least 4 members (excludes halogenated alkanes) is 3. The highest BCUT2D eigenvalue weighted by molar-refractivity contribution is 5.39. The molecule has 0 unspecified atom stereocenters. The number of hydrogen-bond acceptors (Lipinski definition) is 2. The Morgan fingerprint density at radius 2 is 2.20 bits per heavy atom. The average molecular weight is 204 g/mol. The summed E-state index contributed by atoms with van der Waals surface area (Å²) in [6.45, 7) is 2.23. The Hall–Kier alpha value is -1.31.